The molecule has 0 amide bonds. The first-order valence-corrected chi connectivity index (χ1v) is 6.44. The minimum absolute atomic E-state index is 0.199. The average Bonchev–Trinajstić information content (AvgIpc) is 2.34. The number of piperidine rings is 1. The number of benzene rings is 1. The average molecular weight is 228 g/mol. The van der Waals surface area contributed by atoms with Crippen molar-refractivity contribution >= 4 is 11.3 Å². The number of fused-ring (bicyclic) bond motifs is 1. The standard InChI is InChI=1S/C15H20N2/c1-12-11-15(7-9-17(2)10-8-15)16-14-6-4-3-5-13(12)14/h3-6,11,16H,7-10H2,1-2H3. The highest BCUT2D eigenvalue weighted by molar-refractivity contribution is 5.80. The van der Waals surface area contributed by atoms with Gasteiger partial charge < -0.3 is 10.2 Å². The van der Waals surface area contributed by atoms with Crippen LogP contribution in [-0.2, 0) is 0 Å². The lowest BCUT2D eigenvalue weighted by Crippen LogP contribution is -2.48. The predicted molar refractivity (Wildman–Crippen MR) is 73.2 cm³/mol. The van der Waals surface area contributed by atoms with Gasteiger partial charge >= 0.3 is 0 Å². The van der Waals surface area contributed by atoms with Crippen molar-refractivity contribution < 1.29 is 0 Å². The lowest BCUT2D eigenvalue weighted by molar-refractivity contribution is 0.231. The van der Waals surface area contributed by atoms with Gasteiger partial charge in [-0.05, 0) is 38.5 Å². The van der Waals surface area contributed by atoms with Crippen molar-refractivity contribution in [2.24, 2.45) is 0 Å². The molecule has 0 bridgehead atoms. The number of allylic oxidation sites excluding steroid dienone is 1. The molecule has 0 aromatic heterocycles. The van der Waals surface area contributed by atoms with E-state index in [0.29, 0.717) is 0 Å². The van der Waals surface area contributed by atoms with E-state index in [-0.39, 0.29) is 5.54 Å². The Bertz CT molecular complexity index is 454. The molecule has 2 heterocycles. The summed E-state index contributed by atoms with van der Waals surface area (Å²) in [5, 5.41) is 3.76. The third-order valence-corrected chi connectivity index (χ3v) is 4.11. The highest BCUT2D eigenvalue weighted by Gasteiger charge is 2.34. The Morgan fingerprint density at radius 2 is 1.88 bits per heavy atom. The Morgan fingerprint density at radius 3 is 2.65 bits per heavy atom. The van der Waals surface area contributed by atoms with E-state index in [4.69, 9.17) is 0 Å². The Labute approximate surface area is 103 Å². The Morgan fingerprint density at radius 1 is 1.18 bits per heavy atom. The summed E-state index contributed by atoms with van der Waals surface area (Å²) in [4.78, 5) is 2.41. The zero-order valence-corrected chi connectivity index (χ0v) is 10.7. The first-order valence-electron chi connectivity index (χ1n) is 6.44. The number of hydrogen-bond donors (Lipinski definition) is 1. The van der Waals surface area contributed by atoms with Crippen molar-refractivity contribution in [1.29, 1.82) is 0 Å². The second-order valence-corrected chi connectivity index (χ2v) is 5.46. The molecule has 2 nitrogen and oxygen atoms in total. The fourth-order valence-corrected chi connectivity index (χ4v) is 3.02. The van der Waals surface area contributed by atoms with Gasteiger partial charge in [0.2, 0.25) is 0 Å². The molecule has 90 valence electrons. The molecule has 0 radical (unpaired) electrons. The quantitative estimate of drug-likeness (QED) is 0.734. The Kier molecular flexibility index (Phi) is 2.48. The van der Waals surface area contributed by atoms with Crippen molar-refractivity contribution in [3.8, 4) is 0 Å². The molecule has 0 unspecified atom stereocenters. The van der Waals surface area contributed by atoms with Gasteiger partial charge in [0.25, 0.3) is 0 Å². The predicted octanol–water partition coefficient (Wildman–Crippen LogP) is 2.98. The summed E-state index contributed by atoms with van der Waals surface area (Å²) in [5.41, 5.74) is 4.28. The third-order valence-electron chi connectivity index (χ3n) is 4.11. The number of anilines is 1. The van der Waals surface area contributed by atoms with E-state index in [1.54, 1.807) is 0 Å². The highest BCUT2D eigenvalue weighted by atomic mass is 15.1. The molecule has 2 aliphatic heterocycles. The molecule has 1 saturated heterocycles. The van der Waals surface area contributed by atoms with Crippen molar-refractivity contribution in [3.05, 3.63) is 35.9 Å². The fraction of sp³-hybridized carbons (Fsp3) is 0.467. The summed E-state index contributed by atoms with van der Waals surface area (Å²) >= 11 is 0. The van der Waals surface area contributed by atoms with Gasteiger partial charge in [-0.1, -0.05) is 24.3 Å². The second kappa shape index (κ2) is 3.88. The fourth-order valence-electron chi connectivity index (χ4n) is 3.02. The smallest absolute Gasteiger partial charge is 0.0586 e. The number of hydrogen-bond acceptors (Lipinski definition) is 2. The minimum Gasteiger partial charge on any atom is -0.376 e. The van der Waals surface area contributed by atoms with Gasteiger partial charge in [0, 0.05) is 24.3 Å². The molecule has 1 N–H and O–H groups in total. The third kappa shape index (κ3) is 1.87. The second-order valence-electron chi connectivity index (χ2n) is 5.46. The van der Waals surface area contributed by atoms with Crippen LogP contribution < -0.4 is 5.32 Å². The van der Waals surface area contributed by atoms with E-state index in [2.05, 4.69) is 54.5 Å². The van der Waals surface area contributed by atoms with Crippen LogP contribution in [0, 0.1) is 0 Å². The van der Waals surface area contributed by atoms with Crippen LogP contribution in [0.25, 0.3) is 5.57 Å². The zero-order chi connectivity index (χ0) is 11.9. The molecule has 1 fully saturated rings. The van der Waals surface area contributed by atoms with E-state index < -0.39 is 0 Å². The van der Waals surface area contributed by atoms with E-state index in [9.17, 15) is 0 Å². The lowest BCUT2D eigenvalue weighted by atomic mass is 9.81. The van der Waals surface area contributed by atoms with Crippen molar-refractivity contribution in [2.45, 2.75) is 25.3 Å². The van der Waals surface area contributed by atoms with Gasteiger partial charge in [-0.3, -0.25) is 0 Å². The van der Waals surface area contributed by atoms with Crippen LogP contribution in [0.15, 0.2) is 30.3 Å². The SMILES string of the molecule is CC1=CC2(CCN(C)CC2)Nc2ccccc21. The summed E-state index contributed by atoms with van der Waals surface area (Å²) in [6.45, 7) is 4.59. The first kappa shape index (κ1) is 10.8. The van der Waals surface area contributed by atoms with Gasteiger partial charge in [0.05, 0.1) is 5.54 Å². The summed E-state index contributed by atoms with van der Waals surface area (Å²) in [6.07, 6.45) is 4.85. The maximum Gasteiger partial charge on any atom is 0.0586 e. The van der Waals surface area contributed by atoms with Crippen LogP contribution in [0.1, 0.15) is 25.3 Å². The number of likely N-dealkylation sites (tertiary alicyclic amines) is 1. The molecular formula is C15H20N2. The maximum atomic E-state index is 3.76. The molecule has 1 spiro atoms. The van der Waals surface area contributed by atoms with Gasteiger partial charge in [0.1, 0.15) is 0 Å². The van der Waals surface area contributed by atoms with Gasteiger partial charge in [0.15, 0.2) is 0 Å². The normalized spacial score (nSPS) is 22.8. The molecule has 17 heavy (non-hydrogen) atoms. The molecule has 1 aromatic rings. The molecule has 3 rings (SSSR count). The van der Waals surface area contributed by atoms with Crippen molar-refractivity contribution in [2.75, 3.05) is 25.5 Å². The summed E-state index contributed by atoms with van der Waals surface area (Å²) in [7, 11) is 2.21. The molecule has 0 saturated carbocycles. The van der Waals surface area contributed by atoms with Crippen LogP contribution >= 0.6 is 0 Å². The minimum atomic E-state index is 0.199. The summed E-state index contributed by atoms with van der Waals surface area (Å²) < 4.78 is 0. The number of rotatable bonds is 0. The number of para-hydroxylation sites is 1. The summed E-state index contributed by atoms with van der Waals surface area (Å²) in [6, 6.07) is 8.64. The molecule has 2 heteroatoms. The molecule has 1 aromatic carbocycles. The van der Waals surface area contributed by atoms with Crippen LogP contribution in [0.3, 0.4) is 0 Å². The van der Waals surface area contributed by atoms with Crippen LogP contribution in [0.5, 0.6) is 0 Å². The maximum absolute atomic E-state index is 3.76. The topological polar surface area (TPSA) is 15.3 Å². The monoisotopic (exact) mass is 228 g/mol. The van der Waals surface area contributed by atoms with E-state index in [0.717, 1.165) is 0 Å². The Hall–Kier alpha value is -1.28. The van der Waals surface area contributed by atoms with E-state index in [1.807, 2.05) is 0 Å². The lowest BCUT2D eigenvalue weighted by Gasteiger charge is -2.43. The van der Waals surface area contributed by atoms with Crippen LogP contribution in [-0.4, -0.2) is 30.6 Å². The van der Waals surface area contributed by atoms with E-state index in [1.165, 1.54) is 42.8 Å². The van der Waals surface area contributed by atoms with Gasteiger partial charge in [-0.2, -0.15) is 0 Å². The molecule has 0 aliphatic carbocycles. The van der Waals surface area contributed by atoms with Crippen LogP contribution in [0.4, 0.5) is 5.69 Å². The Balaban J connectivity index is 1.95. The summed E-state index contributed by atoms with van der Waals surface area (Å²) in [5.74, 6) is 0. The number of nitrogens with one attached hydrogen (secondary N) is 1. The van der Waals surface area contributed by atoms with Crippen molar-refractivity contribution in [1.82, 2.24) is 4.90 Å². The first-order chi connectivity index (χ1) is 8.19. The highest BCUT2D eigenvalue weighted by Crippen LogP contribution is 2.38. The van der Waals surface area contributed by atoms with E-state index >= 15 is 0 Å². The van der Waals surface area contributed by atoms with Gasteiger partial charge in [-0.15, -0.1) is 0 Å². The zero-order valence-electron chi connectivity index (χ0n) is 10.7. The van der Waals surface area contributed by atoms with Crippen LogP contribution in [0.2, 0.25) is 0 Å². The molecule has 2 aliphatic rings. The molecule has 0 atom stereocenters. The van der Waals surface area contributed by atoms with Gasteiger partial charge in [-0.25, -0.2) is 0 Å². The molecular weight excluding hydrogens is 208 g/mol. The van der Waals surface area contributed by atoms with Crippen molar-refractivity contribution in [3.63, 3.8) is 0 Å². The number of nitrogens with zero attached hydrogens (tertiary/aromatic N) is 1. The largest absolute Gasteiger partial charge is 0.376 e.